The molecule has 0 fully saturated rings. The molecular weight excluding hydrogens is 316 g/mol. The second kappa shape index (κ2) is 8.94. The van der Waals surface area contributed by atoms with E-state index in [2.05, 4.69) is 15.6 Å². The summed E-state index contributed by atoms with van der Waals surface area (Å²) in [6, 6.07) is 10.9. The smallest absolute Gasteiger partial charge is 0.243 e. The van der Waals surface area contributed by atoms with Gasteiger partial charge in [-0.25, -0.2) is 0 Å². The summed E-state index contributed by atoms with van der Waals surface area (Å²) >= 11 is 0. The number of benzene rings is 1. The molecule has 2 amide bonds. The molecule has 4 N–H and O–H groups in total. The summed E-state index contributed by atoms with van der Waals surface area (Å²) in [4.78, 5) is 27.6. The normalized spacial score (nSPS) is 11.8. The lowest BCUT2D eigenvalue weighted by atomic mass is 10.1. The van der Waals surface area contributed by atoms with Gasteiger partial charge in [-0.1, -0.05) is 26.0 Å². The minimum absolute atomic E-state index is 0.0241. The van der Waals surface area contributed by atoms with Crippen LogP contribution in [-0.4, -0.2) is 29.4 Å². The Morgan fingerprint density at radius 3 is 2.24 bits per heavy atom. The van der Waals surface area contributed by atoms with E-state index in [1.807, 2.05) is 50.2 Å². The number of anilines is 1. The summed E-state index contributed by atoms with van der Waals surface area (Å²) in [5.41, 5.74) is 8.73. The number of carbonyl (C=O) groups excluding carboxylic acids is 2. The van der Waals surface area contributed by atoms with Crippen molar-refractivity contribution >= 4 is 17.5 Å². The third kappa shape index (κ3) is 6.00. The maximum absolute atomic E-state index is 11.9. The van der Waals surface area contributed by atoms with Crippen molar-refractivity contribution in [1.29, 1.82) is 0 Å². The van der Waals surface area contributed by atoms with Crippen LogP contribution >= 0.6 is 0 Å². The van der Waals surface area contributed by atoms with Crippen molar-refractivity contribution in [2.75, 3.05) is 11.9 Å². The summed E-state index contributed by atoms with van der Waals surface area (Å²) in [5, 5.41) is 5.30. The fourth-order valence-corrected chi connectivity index (χ4v) is 2.24. The van der Waals surface area contributed by atoms with Crippen LogP contribution in [0.15, 0.2) is 48.8 Å². The standard InChI is InChI=1S/C19H24N4O2/c1-13(2)18(20)19(25)22-12-17(24)23-16-5-3-14(4-6-16)11-15-7-9-21-10-8-15/h3-10,13,18H,11-12,20H2,1-2H3,(H,22,25)(H,23,24)/t18-/m0/s1. The summed E-state index contributed by atoms with van der Waals surface area (Å²) in [7, 11) is 0. The van der Waals surface area contributed by atoms with Crippen LogP contribution in [0.1, 0.15) is 25.0 Å². The van der Waals surface area contributed by atoms with Crippen molar-refractivity contribution in [3.63, 3.8) is 0 Å². The molecular formula is C19H24N4O2. The van der Waals surface area contributed by atoms with E-state index in [9.17, 15) is 9.59 Å². The van der Waals surface area contributed by atoms with E-state index in [0.717, 1.165) is 12.0 Å². The van der Waals surface area contributed by atoms with Crippen LogP contribution in [-0.2, 0) is 16.0 Å². The highest BCUT2D eigenvalue weighted by molar-refractivity contribution is 5.95. The van der Waals surface area contributed by atoms with Crippen LogP contribution in [0.4, 0.5) is 5.69 Å². The van der Waals surface area contributed by atoms with Gasteiger partial charge < -0.3 is 16.4 Å². The number of nitrogens with zero attached hydrogens (tertiary/aromatic N) is 1. The number of nitrogens with one attached hydrogen (secondary N) is 2. The summed E-state index contributed by atoms with van der Waals surface area (Å²) in [6.07, 6.45) is 4.34. The van der Waals surface area contributed by atoms with E-state index in [0.29, 0.717) is 5.69 Å². The largest absolute Gasteiger partial charge is 0.346 e. The summed E-state index contributed by atoms with van der Waals surface area (Å²) < 4.78 is 0. The molecule has 6 nitrogen and oxygen atoms in total. The van der Waals surface area contributed by atoms with Crippen molar-refractivity contribution in [2.45, 2.75) is 26.3 Å². The van der Waals surface area contributed by atoms with E-state index in [1.54, 1.807) is 12.4 Å². The first-order valence-corrected chi connectivity index (χ1v) is 8.26. The molecule has 0 aliphatic rings. The number of rotatable bonds is 7. The van der Waals surface area contributed by atoms with Gasteiger partial charge in [0, 0.05) is 18.1 Å². The predicted molar refractivity (Wildman–Crippen MR) is 97.9 cm³/mol. The first-order valence-electron chi connectivity index (χ1n) is 8.26. The van der Waals surface area contributed by atoms with Gasteiger partial charge in [0.1, 0.15) is 0 Å². The van der Waals surface area contributed by atoms with Crippen LogP contribution in [0.5, 0.6) is 0 Å². The number of nitrogens with two attached hydrogens (primary N) is 1. The number of aromatic nitrogens is 1. The van der Waals surface area contributed by atoms with Gasteiger partial charge in [-0.3, -0.25) is 14.6 Å². The van der Waals surface area contributed by atoms with Crippen LogP contribution in [0.2, 0.25) is 0 Å². The Balaban J connectivity index is 1.82. The Kier molecular flexibility index (Phi) is 6.65. The van der Waals surface area contributed by atoms with E-state index in [-0.39, 0.29) is 24.3 Å². The highest BCUT2D eigenvalue weighted by atomic mass is 16.2. The zero-order chi connectivity index (χ0) is 18.2. The zero-order valence-electron chi connectivity index (χ0n) is 14.5. The lowest BCUT2D eigenvalue weighted by Gasteiger charge is -2.15. The quantitative estimate of drug-likeness (QED) is 0.715. The number of hydrogen-bond donors (Lipinski definition) is 3. The number of carbonyl (C=O) groups is 2. The Bertz CT molecular complexity index is 699. The van der Waals surface area contributed by atoms with Gasteiger partial charge in [0.15, 0.2) is 0 Å². The topological polar surface area (TPSA) is 97.1 Å². The first-order chi connectivity index (χ1) is 12.0. The van der Waals surface area contributed by atoms with Crippen molar-refractivity contribution in [2.24, 2.45) is 11.7 Å². The molecule has 0 aliphatic carbocycles. The maximum Gasteiger partial charge on any atom is 0.243 e. The van der Waals surface area contributed by atoms with E-state index in [1.165, 1.54) is 5.56 Å². The van der Waals surface area contributed by atoms with Gasteiger partial charge >= 0.3 is 0 Å². The molecule has 1 atom stereocenters. The Morgan fingerprint density at radius 1 is 1.04 bits per heavy atom. The van der Waals surface area contributed by atoms with Crippen molar-refractivity contribution in [3.8, 4) is 0 Å². The lowest BCUT2D eigenvalue weighted by molar-refractivity contribution is -0.125. The Hall–Kier alpha value is -2.73. The maximum atomic E-state index is 11.9. The molecule has 1 heterocycles. The van der Waals surface area contributed by atoms with Crippen molar-refractivity contribution < 1.29 is 9.59 Å². The molecule has 2 rings (SSSR count). The molecule has 1 aromatic carbocycles. The third-order valence-electron chi connectivity index (χ3n) is 3.84. The number of amides is 2. The van der Waals surface area contributed by atoms with Gasteiger partial charge in [-0.15, -0.1) is 0 Å². The molecule has 6 heteroatoms. The van der Waals surface area contributed by atoms with Gasteiger partial charge in [-0.2, -0.15) is 0 Å². The highest BCUT2D eigenvalue weighted by Gasteiger charge is 2.17. The van der Waals surface area contributed by atoms with E-state index < -0.39 is 6.04 Å². The molecule has 0 spiro atoms. The lowest BCUT2D eigenvalue weighted by Crippen LogP contribution is -2.46. The molecule has 1 aromatic heterocycles. The van der Waals surface area contributed by atoms with E-state index >= 15 is 0 Å². The Morgan fingerprint density at radius 2 is 1.64 bits per heavy atom. The third-order valence-corrected chi connectivity index (χ3v) is 3.84. The van der Waals surface area contributed by atoms with Gasteiger partial charge in [0.05, 0.1) is 12.6 Å². The monoisotopic (exact) mass is 340 g/mol. The molecule has 25 heavy (non-hydrogen) atoms. The fourth-order valence-electron chi connectivity index (χ4n) is 2.24. The number of hydrogen-bond acceptors (Lipinski definition) is 4. The molecule has 0 unspecified atom stereocenters. The van der Waals surface area contributed by atoms with E-state index in [4.69, 9.17) is 5.73 Å². The molecule has 0 saturated heterocycles. The van der Waals surface area contributed by atoms with Crippen LogP contribution in [0.25, 0.3) is 0 Å². The van der Waals surface area contributed by atoms with Crippen molar-refractivity contribution in [1.82, 2.24) is 10.3 Å². The van der Waals surface area contributed by atoms with Gasteiger partial charge in [0.2, 0.25) is 11.8 Å². The van der Waals surface area contributed by atoms with Gasteiger partial charge in [0.25, 0.3) is 0 Å². The molecule has 0 saturated carbocycles. The summed E-state index contributed by atoms with van der Waals surface area (Å²) in [6.45, 7) is 3.62. The average Bonchev–Trinajstić information content (AvgIpc) is 2.61. The van der Waals surface area contributed by atoms with Crippen LogP contribution in [0, 0.1) is 5.92 Å². The fraction of sp³-hybridized carbons (Fsp3) is 0.316. The highest BCUT2D eigenvalue weighted by Crippen LogP contribution is 2.13. The SMILES string of the molecule is CC(C)[C@H](N)C(=O)NCC(=O)Nc1ccc(Cc2ccncc2)cc1. The second-order valence-corrected chi connectivity index (χ2v) is 6.26. The molecule has 0 radical (unpaired) electrons. The van der Waals surface area contributed by atoms with Gasteiger partial charge in [-0.05, 0) is 47.7 Å². The molecule has 132 valence electrons. The molecule has 2 aromatic rings. The van der Waals surface area contributed by atoms with Crippen LogP contribution < -0.4 is 16.4 Å². The van der Waals surface area contributed by atoms with Crippen LogP contribution in [0.3, 0.4) is 0 Å². The Labute approximate surface area is 147 Å². The minimum atomic E-state index is -0.611. The molecule has 0 bridgehead atoms. The number of pyridine rings is 1. The zero-order valence-corrected chi connectivity index (χ0v) is 14.5. The average molecular weight is 340 g/mol. The predicted octanol–water partition coefficient (Wildman–Crippen LogP) is 1.71. The second-order valence-electron chi connectivity index (χ2n) is 6.26. The van der Waals surface area contributed by atoms with Crippen molar-refractivity contribution in [3.05, 3.63) is 59.9 Å². The minimum Gasteiger partial charge on any atom is -0.346 e. The molecule has 0 aliphatic heterocycles. The first kappa shape index (κ1) is 18.6. The summed E-state index contributed by atoms with van der Waals surface area (Å²) in [5.74, 6) is -0.583.